The first-order valence-electron chi connectivity index (χ1n) is 7.19. The van der Waals surface area contributed by atoms with E-state index in [1.807, 2.05) is 24.3 Å². The molecule has 0 bridgehead atoms. The van der Waals surface area contributed by atoms with Crippen molar-refractivity contribution in [3.63, 3.8) is 0 Å². The molecule has 1 fully saturated rings. The van der Waals surface area contributed by atoms with Crippen LogP contribution in [0.3, 0.4) is 0 Å². The highest BCUT2D eigenvalue weighted by Crippen LogP contribution is 2.12. The number of rotatable bonds is 6. The molecule has 4 heteroatoms. The number of carbonyl (C=O) groups excluding carboxylic acids is 1. The zero-order valence-corrected chi connectivity index (χ0v) is 11.6. The SMILES string of the molecule is O=C([O-])/C=C/c1ccc(OCC[NH+]2CCCCC2)cc1. The molecule has 0 unspecified atom stereocenters. The molecule has 0 aromatic heterocycles. The fourth-order valence-corrected chi connectivity index (χ4v) is 2.45. The number of carboxylic acid groups (broad SMARTS) is 1. The van der Waals surface area contributed by atoms with Crippen LogP contribution < -0.4 is 14.7 Å². The van der Waals surface area contributed by atoms with Gasteiger partial charge in [0.2, 0.25) is 0 Å². The number of piperidine rings is 1. The third-order valence-corrected chi connectivity index (χ3v) is 3.58. The number of ether oxygens (including phenoxy) is 1. The zero-order valence-electron chi connectivity index (χ0n) is 11.6. The maximum Gasteiger partial charge on any atom is 0.137 e. The van der Waals surface area contributed by atoms with Crippen LogP contribution in [0.4, 0.5) is 0 Å². The van der Waals surface area contributed by atoms with Crippen molar-refractivity contribution in [2.75, 3.05) is 26.2 Å². The molecule has 0 saturated carbocycles. The van der Waals surface area contributed by atoms with Gasteiger partial charge < -0.3 is 19.5 Å². The van der Waals surface area contributed by atoms with Crippen molar-refractivity contribution < 1.29 is 19.5 Å². The number of aliphatic carboxylic acids is 1. The minimum Gasteiger partial charge on any atom is -0.545 e. The molecule has 108 valence electrons. The Morgan fingerprint density at radius 1 is 1.20 bits per heavy atom. The Morgan fingerprint density at radius 3 is 2.55 bits per heavy atom. The summed E-state index contributed by atoms with van der Waals surface area (Å²) < 4.78 is 5.72. The van der Waals surface area contributed by atoms with E-state index in [9.17, 15) is 9.90 Å². The highest BCUT2D eigenvalue weighted by atomic mass is 16.5. The van der Waals surface area contributed by atoms with Gasteiger partial charge in [-0.2, -0.15) is 0 Å². The highest BCUT2D eigenvalue weighted by Gasteiger charge is 2.12. The van der Waals surface area contributed by atoms with Gasteiger partial charge in [-0.15, -0.1) is 0 Å². The van der Waals surface area contributed by atoms with Gasteiger partial charge >= 0.3 is 0 Å². The molecule has 1 saturated heterocycles. The van der Waals surface area contributed by atoms with Gasteiger partial charge in [-0.05, 0) is 43.0 Å². The Hall–Kier alpha value is -1.81. The van der Waals surface area contributed by atoms with E-state index in [0.29, 0.717) is 0 Å². The van der Waals surface area contributed by atoms with Crippen LogP contribution in [0.25, 0.3) is 6.08 Å². The maximum atomic E-state index is 10.3. The van der Waals surface area contributed by atoms with Crippen molar-refractivity contribution in [1.82, 2.24) is 0 Å². The van der Waals surface area contributed by atoms with Crippen LogP contribution in [0, 0.1) is 0 Å². The molecule has 1 aromatic carbocycles. The third kappa shape index (κ3) is 5.05. The Bertz CT molecular complexity index is 447. The molecule has 0 aliphatic carbocycles. The van der Waals surface area contributed by atoms with Gasteiger partial charge in [0.15, 0.2) is 0 Å². The normalized spacial score (nSPS) is 16.4. The average molecular weight is 275 g/mol. The van der Waals surface area contributed by atoms with Crippen LogP contribution in [0.2, 0.25) is 0 Å². The molecule has 1 N–H and O–H groups in total. The van der Waals surface area contributed by atoms with Gasteiger partial charge in [-0.25, -0.2) is 0 Å². The lowest BCUT2D eigenvalue weighted by atomic mass is 10.1. The summed E-state index contributed by atoms with van der Waals surface area (Å²) in [6.45, 7) is 4.29. The monoisotopic (exact) mass is 275 g/mol. The first-order valence-corrected chi connectivity index (χ1v) is 7.19. The minimum atomic E-state index is -1.19. The van der Waals surface area contributed by atoms with Crippen molar-refractivity contribution in [1.29, 1.82) is 0 Å². The largest absolute Gasteiger partial charge is 0.545 e. The summed E-state index contributed by atoms with van der Waals surface area (Å²) in [5, 5.41) is 10.3. The minimum absolute atomic E-state index is 0.726. The molecule has 1 aliphatic heterocycles. The number of quaternary nitrogens is 1. The molecule has 1 aliphatic rings. The summed E-state index contributed by atoms with van der Waals surface area (Å²) in [4.78, 5) is 11.9. The summed E-state index contributed by atoms with van der Waals surface area (Å²) in [6, 6.07) is 7.39. The Kier molecular flexibility index (Phi) is 5.62. The number of nitrogens with one attached hydrogen (secondary N) is 1. The molecule has 4 nitrogen and oxygen atoms in total. The fourth-order valence-electron chi connectivity index (χ4n) is 2.45. The van der Waals surface area contributed by atoms with Crippen molar-refractivity contribution in [3.05, 3.63) is 35.9 Å². The van der Waals surface area contributed by atoms with Gasteiger partial charge in [0.05, 0.1) is 19.1 Å². The van der Waals surface area contributed by atoms with E-state index in [-0.39, 0.29) is 0 Å². The van der Waals surface area contributed by atoms with E-state index >= 15 is 0 Å². The van der Waals surface area contributed by atoms with E-state index in [2.05, 4.69) is 0 Å². The van der Waals surface area contributed by atoms with Crippen LogP contribution in [0.15, 0.2) is 30.3 Å². The lowest BCUT2D eigenvalue weighted by Gasteiger charge is -2.23. The predicted octanol–water partition coefficient (Wildman–Crippen LogP) is -0.103. The number of hydrogen-bond donors (Lipinski definition) is 1. The van der Waals surface area contributed by atoms with Gasteiger partial charge in [-0.1, -0.05) is 18.2 Å². The van der Waals surface area contributed by atoms with Gasteiger partial charge in [0.25, 0.3) is 0 Å². The van der Waals surface area contributed by atoms with Crippen LogP contribution in [-0.2, 0) is 4.79 Å². The third-order valence-electron chi connectivity index (χ3n) is 3.58. The number of likely N-dealkylation sites (tertiary alicyclic amines) is 1. The van der Waals surface area contributed by atoms with Crippen LogP contribution in [-0.4, -0.2) is 32.2 Å². The lowest BCUT2D eigenvalue weighted by molar-refractivity contribution is -0.904. The molecule has 2 rings (SSSR count). The standard InChI is InChI=1S/C16H21NO3/c18-16(19)9-6-14-4-7-15(8-5-14)20-13-12-17-10-2-1-3-11-17/h4-9H,1-3,10-13H2,(H,18,19)/b9-6+. The molecule has 1 aromatic rings. The first-order chi connectivity index (χ1) is 9.74. The topological polar surface area (TPSA) is 53.8 Å². The first kappa shape index (κ1) is 14.6. The van der Waals surface area contributed by atoms with Gasteiger partial charge in [-0.3, -0.25) is 0 Å². The van der Waals surface area contributed by atoms with E-state index < -0.39 is 5.97 Å². The van der Waals surface area contributed by atoms with E-state index in [1.165, 1.54) is 38.4 Å². The molecular formula is C16H21NO3. The average Bonchev–Trinajstić information content (AvgIpc) is 2.47. The number of benzene rings is 1. The molecule has 1 heterocycles. The van der Waals surface area contributed by atoms with E-state index in [0.717, 1.165) is 30.5 Å². The Labute approximate surface area is 119 Å². The fraction of sp³-hybridized carbons (Fsp3) is 0.438. The molecule has 20 heavy (non-hydrogen) atoms. The van der Waals surface area contributed by atoms with Gasteiger partial charge in [0, 0.05) is 0 Å². The number of carboxylic acids is 1. The van der Waals surface area contributed by atoms with E-state index in [1.54, 1.807) is 4.90 Å². The number of hydrogen-bond acceptors (Lipinski definition) is 3. The smallest absolute Gasteiger partial charge is 0.137 e. The second-order valence-corrected chi connectivity index (χ2v) is 5.13. The second kappa shape index (κ2) is 7.70. The highest BCUT2D eigenvalue weighted by molar-refractivity contribution is 5.83. The summed E-state index contributed by atoms with van der Waals surface area (Å²) >= 11 is 0. The van der Waals surface area contributed by atoms with E-state index in [4.69, 9.17) is 4.74 Å². The molecule has 0 atom stereocenters. The Balaban J connectivity index is 1.74. The lowest BCUT2D eigenvalue weighted by Crippen LogP contribution is -3.13. The van der Waals surface area contributed by atoms with Crippen molar-refractivity contribution in [2.45, 2.75) is 19.3 Å². The summed E-state index contributed by atoms with van der Waals surface area (Å²) in [7, 11) is 0. The van der Waals surface area contributed by atoms with Crippen LogP contribution in [0.5, 0.6) is 5.75 Å². The predicted molar refractivity (Wildman–Crippen MR) is 75.4 cm³/mol. The molecule has 0 amide bonds. The summed E-state index contributed by atoms with van der Waals surface area (Å²) in [6.07, 6.45) is 6.56. The van der Waals surface area contributed by atoms with Crippen LogP contribution in [0.1, 0.15) is 24.8 Å². The van der Waals surface area contributed by atoms with Crippen molar-refractivity contribution in [3.8, 4) is 5.75 Å². The Morgan fingerprint density at radius 2 is 1.90 bits per heavy atom. The van der Waals surface area contributed by atoms with Crippen molar-refractivity contribution >= 4 is 12.0 Å². The quantitative estimate of drug-likeness (QED) is 0.738. The molecule has 0 spiro atoms. The van der Waals surface area contributed by atoms with Crippen LogP contribution >= 0.6 is 0 Å². The summed E-state index contributed by atoms with van der Waals surface area (Å²) in [5.41, 5.74) is 0.822. The van der Waals surface area contributed by atoms with Gasteiger partial charge in [0.1, 0.15) is 18.9 Å². The maximum absolute atomic E-state index is 10.3. The zero-order chi connectivity index (χ0) is 14.2. The molecule has 0 radical (unpaired) electrons. The van der Waals surface area contributed by atoms with Crippen molar-refractivity contribution in [2.24, 2.45) is 0 Å². The second-order valence-electron chi connectivity index (χ2n) is 5.13. The molecular weight excluding hydrogens is 254 g/mol. The number of carbonyl (C=O) groups is 1. The summed E-state index contributed by atoms with van der Waals surface area (Å²) in [5.74, 6) is -0.359.